The molecule has 3 aromatic rings. The van der Waals surface area contributed by atoms with Gasteiger partial charge in [-0.25, -0.2) is 8.42 Å². The zero-order chi connectivity index (χ0) is 19.4. The van der Waals surface area contributed by atoms with E-state index in [4.69, 9.17) is 4.74 Å². The molecule has 0 amide bonds. The van der Waals surface area contributed by atoms with Crippen LogP contribution in [0.25, 0.3) is 0 Å². The lowest BCUT2D eigenvalue weighted by Gasteiger charge is -2.31. The second kappa shape index (κ2) is 7.84. The van der Waals surface area contributed by atoms with Crippen LogP contribution >= 0.6 is 0 Å². The third-order valence-corrected chi connectivity index (χ3v) is 6.45. The van der Waals surface area contributed by atoms with Gasteiger partial charge < -0.3 is 4.74 Å². The third-order valence-electron chi connectivity index (χ3n) is 4.54. The van der Waals surface area contributed by atoms with E-state index < -0.39 is 10.0 Å². The first kappa shape index (κ1) is 19.0. The van der Waals surface area contributed by atoms with Gasteiger partial charge in [0.05, 0.1) is 23.7 Å². The van der Waals surface area contributed by atoms with Crippen LogP contribution in [0.3, 0.4) is 0 Å². The number of ether oxygens (including phenoxy) is 1. The van der Waals surface area contributed by atoms with Gasteiger partial charge in [-0.2, -0.15) is 0 Å². The molecule has 0 saturated heterocycles. The van der Waals surface area contributed by atoms with Gasteiger partial charge >= 0.3 is 0 Å². The molecule has 4 nitrogen and oxygen atoms in total. The van der Waals surface area contributed by atoms with E-state index in [2.05, 4.69) is 0 Å². The minimum Gasteiger partial charge on any atom is -0.497 e. The zero-order valence-electron chi connectivity index (χ0n) is 15.7. The van der Waals surface area contributed by atoms with Crippen LogP contribution in [0.4, 0.5) is 5.69 Å². The van der Waals surface area contributed by atoms with Crippen molar-refractivity contribution in [2.45, 2.75) is 24.8 Å². The molecule has 0 heterocycles. The normalized spacial score (nSPS) is 12.4. The predicted octanol–water partition coefficient (Wildman–Crippen LogP) is 4.96. The number of methoxy groups -OCH3 is 1. The van der Waals surface area contributed by atoms with Crippen LogP contribution in [-0.4, -0.2) is 15.5 Å². The Bertz CT molecular complexity index is 982. The molecule has 0 unspecified atom stereocenters. The van der Waals surface area contributed by atoms with Crippen LogP contribution in [0.1, 0.15) is 24.1 Å². The second-order valence-corrected chi connectivity index (χ2v) is 8.21. The lowest BCUT2D eigenvalue weighted by molar-refractivity contribution is 0.415. The van der Waals surface area contributed by atoms with Crippen LogP contribution in [0.2, 0.25) is 0 Å². The first-order chi connectivity index (χ1) is 12.9. The van der Waals surface area contributed by atoms with Crippen LogP contribution in [0.5, 0.6) is 5.75 Å². The van der Waals surface area contributed by atoms with E-state index in [1.54, 1.807) is 43.5 Å². The summed E-state index contributed by atoms with van der Waals surface area (Å²) in [5.74, 6) is 0.679. The van der Waals surface area contributed by atoms with Crippen molar-refractivity contribution in [1.29, 1.82) is 0 Å². The van der Waals surface area contributed by atoms with Crippen molar-refractivity contribution in [3.63, 3.8) is 0 Å². The fourth-order valence-corrected chi connectivity index (χ4v) is 4.63. The molecular weight excluding hydrogens is 358 g/mol. The summed E-state index contributed by atoms with van der Waals surface area (Å²) in [5.41, 5.74) is 2.53. The number of aryl methyl sites for hydroxylation is 1. The van der Waals surface area contributed by atoms with Crippen molar-refractivity contribution < 1.29 is 13.2 Å². The van der Waals surface area contributed by atoms with Gasteiger partial charge in [0.25, 0.3) is 10.0 Å². The predicted molar refractivity (Wildman–Crippen MR) is 109 cm³/mol. The van der Waals surface area contributed by atoms with Crippen molar-refractivity contribution >= 4 is 15.7 Å². The first-order valence-electron chi connectivity index (χ1n) is 8.73. The molecule has 0 bridgehead atoms. The largest absolute Gasteiger partial charge is 0.497 e. The molecular formula is C22H23NO3S. The van der Waals surface area contributed by atoms with E-state index in [0.29, 0.717) is 11.4 Å². The Morgan fingerprint density at radius 1 is 0.852 bits per heavy atom. The summed E-state index contributed by atoms with van der Waals surface area (Å²) >= 11 is 0. The topological polar surface area (TPSA) is 46.6 Å². The van der Waals surface area contributed by atoms with Crippen LogP contribution in [0, 0.1) is 6.92 Å². The number of rotatable bonds is 6. The summed E-state index contributed by atoms with van der Waals surface area (Å²) in [7, 11) is -2.16. The standard InChI is InChI=1S/C22H23NO3S/c1-17-9-15-22(16-10-17)27(24,25)23(18(2)19-7-5-4-6-8-19)20-11-13-21(26-3)14-12-20/h4-16,18H,1-3H3/t18-/m0/s1. The van der Waals surface area contributed by atoms with Gasteiger partial charge in [-0.3, -0.25) is 4.31 Å². The summed E-state index contributed by atoms with van der Waals surface area (Å²) in [5, 5.41) is 0. The highest BCUT2D eigenvalue weighted by Crippen LogP contribution is 2.34. The van der Waals surface area contributed by atoms with Gasteiger partial charge in [-0.05, 0) is 55.8 Å². The summed E-state index contributed by atoms with van der Waals surface area (Å²) in [6.07, 6.45) is 0. The molecule has 27 heavy (non-hydrogen) atoms. The Kier molecular flexibility index (Phi) is 5.51. The van der Waals surface area contributed by atoms with E-state index in [-0.39, 0.29) is 10.9 Å². The molecule has 0 saturated carbocycles. The number of sulfonamides is 1. The maximum absolute atomic E-state index is 13.5. The minimum absolute atomic E-state index is 0.270. The Hall–Kier alpha value is -2.79. The number of anilines is 1. The van der Waals surface area contributed by atoms with E-state index in [1.807, 2.05) is 56.3 Å². The summed E-state index contributed by atoms with van der Waals surface area (Å²) in [6.45, 7) is 3.83. The maximum Gasteiger partial charge on any atom is 0.264 e. The van der Waals surface area contributed by atoms with E-state index in [0.717, 1.165) is 11.1 Å². The van der Waals surface area contributed by atoms with Crippen LogP contribution in [0.15, 0.2) is 83.8 Å². The number of hydrogen-bond donors (Lipinski definition) is 0. The van der Waals surface area contributed by atoms with E-state index >= 15 is 0 Å². The Morgan fingerprint density at radius 3 is 2.00 bits per heavy atom. The van der Waals surface area contributed by atoms with Crippen LogP contribution < -0.4 is 9.04 Å². The Balaban J connectivity index is 2.12. The minimum atomic E-state index is -3.75. The Labute approximate surface area is 161 Å². The first-order valence-corrected chi connectivity index (χ1v) is 10.2. The fraction of sp³-hybridized carbons (Fsp3) is 0.182. The van der Waals surface area contributed by atoms with Gasteiger partial charge in [-0.15, -0.1) is 0 Å². The molecule has 3 rings (SSSR count). The lowest BCUT2D eigenvalue weighted by Crippen LogP contribution is -2.33. The SMILES string of the molecule is COc1ccc(N([C@@H](C)c2ccccc2)S(=O)(=O)c2ccc(C)cc2)cc1. The molecule has 5 heteroatoms. The molecule has 0 aliphatic heterocycles. The second-order valence-electron chi connectivity index (χ2n) is 6.40. The lowest BCUT2D eigenvalue weighted by atomic mass is 10.1. The quantitative estimate of drug-likeness (QED) is 0.606. The van der Waals surface area contributed by atoms with Crippen molar-refractivity contribution in [1.82, 2.24) is 0 Å². The average molecular weight is 381 g/mol. The number of hydrogen-bond acceptors (Lipinski definition) is 3. The Morgan fingerprint density at radius 2 is 1.44 bits per heavy atom. The zero-order valence-corrected chi connectivity index (χ0v) is 16.5. The highest BCUT2D eigenvalue weighted by molar-refractivity contribution is 7.92. The van der Waals surface area contributed by atoms with Gasteiger partial charge in [0.2, 0.25) is 0 Å². The van der Waals surface area contributed by atoms with Gasteiger partial charge in [0.15, 0.2) is 0 Å². The summed E-state index contributed by atoms with van der Waals surface area (Å²) in [4.78, 5) is 0.270. The maximum atomic E-state index is 13.5. The third kappa shape index (κ3) is 3.98. The van der Waals surface area contributed by atoms with E-state index in [9.17, 15) is 8.42 Å². The monoisotopic (exact) mass is 381 g/mol. The summed E-state index contributed by atoms with van der Waals surface area (Å²) in [6, 6.07) is 23.2. The fourth-order valence-electron chi connectivity index (χ4n) is 2.99. The molecule has 0 radical (unpaired) electrons. The number of nitrogens with zero attached hydrogens (tertiary/aromatic N) is 1. The molecule has 0 aliphatic rings. The summed E-state index contributed by atoms with van der Waals surface area (Å²) < 4.78 is 33.7. The van der Waals surface area contributed by atoms with Crippen molar-refractivity contribution in [3.8, 4) is 5.75 Å². The molecule has 0 spiro atoms. The smallest absolute Gasteiger partial charge is 0.264 e. The highest BCUT2D eigenvalue weighted by atomic mass is 32.2. The molecule has 0 fully saturated rings. The highest BCUT2D eigenvalue weighted by Gasteiger charge is 2.30. The van der Waals surface area contributed by atoms with Crippen molar-refractivity contribution in [3.05, 3.63) is 90.0 Å². The molecule has 140 valence electrons. The molecule has 1 atom stereocenters. The number of benzene rings is 3. The molecule has 3 aromatic carbocycles. The average Bonchev–Trinajstić information content (AvgIpc) is 2.69. The van der Waals surface area contributed by atoms with Gasteiger partial charge in [0.1, 0.15) is 5.75 Å². The van der Waals surface area contributed by atoms with Crippen LogP contribution in [-0.2, 0) is 10.0 Å². The van der Waals surface area contributed by atoms with E-state index in [1.165, 1.54) is 4.31 Å². The molecule has 0 aromatic heterocycles. The van der Waals surface area contributed by atoms with Crippen molar-refractivity contribution in [2.24, 2.45) is 0 Å². The molecule has 0 aliphatic carbocycles. The molecule has 0 N–H and O–H groups in total. The van der Waals surface area contributed by atoms with Gasteiger partial charge in [0, 0.05) is 0 Å². The van der Waals surface area contributed by atoms with Crippen molar-refractivity contribution in [2.75, 3.05) is 11.4 Å². The van der Waals surface area contributed by atoms with Gasteiger partial charge in [-0.1, -0.05) is 48.0 Å².